The molecule has 23 heavy (non-hydrogen) atoms. The maximum atomic E-state index is 6.78. The lowest BCUT2D eigenvalue weighted by Gasteiger charge is -2.38. The molecule has 116 valence electrons. The molecular weight excluding hydrogens is 310 g/mol. The van der Waals surface area contributed by atoms with Crippen LogP contribution in [0.5, 0.6) is 0 Å². The number of aromatic amines is 1. The molecule has 5 nitrogen and oxygen atoms in total. The van der Waals surface area contributed by atoms with Gasteiger partial charge in [-0.05, 0) is 30.2 Å². The summed E-state index contributed by atoms with van der Waals surface area (Å²) < 4.78 is 0. The summed E-state index contributed by atoms with van der Waals surface area (Å²) in [6.07, 6.45) is 0. The van der Waals surface area contributed by atoms with E-state index in [1.807, 2.05) is 49.4 Å². The van der Waals surface area contributed by atoms with Gasteiger partial charge in [-0.25, -0.2) is 0 Å². The van der Waals surface area contributed by atoms with E-state index in [4.69, 9.17) is 23.1 Å². The van der Waals surface area contributed by atoms with Crippen molar-refractivity contribution in [1.29, 1.82) is 0 Å². The highest BCUT2D eigenvalue weighted by Crippen LogP contribution is 2.46. The molecule has 3 aromatic rings. The maximum Gasteiger partial charge on any atom is 0.153 e. The monoisotopic (exact) mass is 325 g/mol. The van der Waals surface area contributed by atoms with Gasteiger partial charge in [-0.15, -0.1) is 0 Å². The lowest BCUT2D eigenvalue weighted by atomic mass is 9.84. The fourth-order valence-corrected chi connectivity index (χ4v) is 3.31. The minimum absolute atomic E-state index is 0.386. The second-order valence-electron chi connectivity index (χ2n) is 5.80. The van der Waals surface area contributed by atoms with E-state index in [1.54, 1.807) is 0 Å². The normalized spacial score (nSPS) is 18.9. The zero-order valence-electron chi connectivity index (χ0n) is 12.5. The van der Waals surface area contributed by atoms with Gasteiger partial charge >= 0.3 is 0 Å². The first kappa shape index (κ1) is 14.1. The highest BCUT2D eigenvalue weighted by Gasteiger charge is 2.41. The first-order chi connectivity index (χ1) is 11.0. The van der Waals surface area contributed by atoms with Crippen LogP contribution in [-0.2, 0) is 5.66 Å². The van der Waals surface area contributed by atoms with E-state index >= 15 is 0 Å². The maximum absolute atomic E-state index is 6.78. The minimum atomic E-state index is -0.976. The number of anilines is 2. The number of hydrogen-bond acceptors (Lipinski definition) is 4. The second kappa shape index (κ2) is 4.75. The van der Waals surface area contributed by atoms with Gasteiger partial charge in [0.15, 0.2) is 5.82 Å². The van der Waals surface area contributed by atoms with E-state index < -0.39 is 5.66 Å². The number of hydrogen-bond donors (Lipinski definition) is 4. The van der Waals surface area contributed by atoms with Gasteiger partial charge in [-0.3, -0.25) is 5.10 Å². The van der Waals surface area contributed by atoms with Crippen LogP contribution < -0.4 is 16.8 Å². The number of nitrogens with two attached hydrogens (primary N) is 2. The number of halogens is 1. The summed E-state index contributed by atoms with van der Waals surface area (Å²) in [5.41, 5.74) is 17.5. The highest BCUT2D eigenvalue weighted by molar-refractivity contribution is 6.30. The summed E-state index contributed by atoms with van der Waals surface area (Å²) in [6.45, 7) is 2.04. The molecule has 0 amide bonds. The first-order valence-corrected chi connectivity index (χ1v) is 7.66. The third-order valence-corrected chi connectivity index (χ3v) is 4.60. The number of H-pyrrole nitrogens is 1. The average Bonchev–Trinajstić information content (AvgIpc) is 2.93. The number of aryl methyl sites for hydroxylation is 1. The molecule has 0 aliphatic carbocycles. The van der Waals surface area contributed by atoms with Gasteiger partial charge in [0.05, 0.1) is 11.3 Å². The van der Waals surface area contributed by atoms with Crippen molar-refractivity contribution >= 4 is 23.1 Å². The molecule has 1 aliphatic heterocycles. The van der Waals surface area contributed by atoms with Crippen LogP contribution in [0.4, 0.5) is 11.5 Å². The third-order valence-electron chi connectivity index (χ3n) is 4.35. The molecule has 6 N–H and O–H groups in total. The standard InChI is InChI=1S/C17H16ClN5/c1-9-3-2-4-12-14(9)21-17(20,10-5-7-11(18)8-6-10)13-15(12)22-23-16(13)19/h2-8,21H,20H2,1H3,(H3,19,22,23). The Labute approximate surface area is 138 Å². The predicted molar refractivity (Wildman–Crippen MR) is 93.2 cm³/mol. The topological polar surface area (TPSA) is 92.8 Å². The van der Waals surface area contributed by atoms with Crippen molar-refractivity contribution in [2.45, 2.75) is 12.6 Å². The second-order valence-corrected chi connectivity index (χ2v) is 6.23. The van der Waals surface area contributed by atoms with Crippen molar-refractivity contribution in [2.24, 2.45) is 5.73 Å². The van der Waals surface area contributed by atoms with Gasteiger partial charge in [0.25, 0.3) is 0 Å². The number of para-hydroxylation sites is 1. The van der Waals surface area contributed by atoms with Crippen molar-refractivity contribution < 1.29 is 0 Å². The lowest BCUT2D eigenvalue weighted by molar-refractivity contribution is 0.620. The summed E-state index contributed by atoms with van der Waals surface area (Å²) in [6, 6.07) is 13.5. The number of nitrogens with one attached hydrogen (secondary N) is 2. The first-order valence-electron chi connectivity index (χ1n) is 7.28. The molecule has 0 spiro atoms. The Morgan fingerprint density at radius 1 is 1.13 bits per heavy atom. The van der Waals surface area contributed by atoms with E-state index in [1.165, 1.54) is 0 Å². The molecule has 4 rings (SSSR count). The van der Waals surface area contributed by atoms with Crippen molar-refractivity contribution in [2.75, 3.05) is 11.1 Å². The lowest BCUT2D eigenvalue weighted by Crippen LogP contribution is -2.48. The molecule has 0 saturated heterocycles. The van der Waals surface area contributed by atoms with E-state index in [9.17, 15) is 0 Å². The van der Waals surface area contributed by atoms with Crippen LogP contribution in [0, 0.1) is 6.92 Å². The fraction of sp³-hybridized carbons (Fsp3) is 0.118. The molecule has 0 fully saturated rings. The van der Waals surface area contributed by atoms with Crippen LogP contribution in [0.3, 0.4) is 0 Å². The Bertz CT molecular complexity index is 900. The summed E-state index contributed by atoms with van der Waals surface area (Å²) in [7, 11) is 0. The quantitative estimate of drug-likeness (QED) is 0.552. The zero-order valence-corrected chi connectivity index (χ0v) is 13.3. The van der Waals surface area contributed by atoms with Gasteiger partial charge in [0, 0.05) is 16.3 Å². The van der Waals surface area contributed by atoms with Crippen LogP contribution >= 0.6 is 11.6 Å². The Hall–Kier alpha value is -2.50. The Morgan fingerprint density at radius 2 is 1.87 bits per heavy atom. The Morgan fingerprint density at radius 3 is 2.61 bits per heavy atom. The molecule has 1 aromatic heterocycles. The van der Waals surface area contributed by atoms with Crippen molar-refractivity contribution in [1.82, 2.24) is 10.2 Å². The smallest absolute Gasteiger partial charge is 0.153 e. The van der Waals surface area contributed by atoms with Gasteiger partial charge < -0.3 is 16.8 Å². The van der Waals surface area contributed by atoms with Gasteiger partial charge in [0.1, 0.15) is 5.66 Å². The van der Waals surface area contributed by atoms with Gasteiger partial charge in [0.2, 0.25) is 0 Å². The molecule has 1 atom stereocenters. The largest absolute Gasteiger partial charge is 0.382 e. The molecule has 2 heterocycles. The van der Waals surface area contributed by atoms with E-state index in [0.717, 1.165) is 33.6 Å². The zero-order chi connectivity index (χ0) is 16.2. The van der Waals surface area contributed by atoms with Crippen LogP contribution in [0.25, 0.3) is 11.3 Å². The molecule has 1 aliphatic rings. The summed E-state index contributed by atoms with van der Waals surface area (Å²) in [5, 5.41) is 11.3. The predicted octanol–water partition coefficient (Wildman–Crippen LogP) is 3.21. The Kier molecular flexibility index (Phi) is 2.91. The molecule has 6 heteroatoms. The summed E-state index contributed by atoms with van der Waals surface area (Å²) in [4.78, 5) is 0. The SMILES string of the molecule is Cc1cccc2c1NC(N)(c1ccc(Cl)cc1)c1c(N)n[nH]c1-2. The number of rotatable bonds is 1. The van der Waals surface area contributed by atoms with Crippen LogP contribution in [-0.4, -0.2) is 10.2 Å². The van der Waals surface area contributed by atoms with Crippen LogP contribution in [0.1, 0.15) is 16.7 Å². The van der Waals surface area contributed by atoms with Crippen LogP contribution in [0.2, 0.25) is 5.02 Å². The van der Waals surface area contributed by atoms with Crippen LogP contribution in [0.15, 0.2) is 42.5 Å². The number of nitrogen functional groups attached to an aromatic ring is 1. The average molecular weight is 326 g/mol. The van der Waals surface area contributed by atoms with E-state index in [-0.39, 0.29) is 0 Å². The third kappa shape index (κ3) is 1.94. The van der Waals surface area contributed by atoms with E-state index in [0.29, 0.717) is 10.8 Å². The Balaban J connectivity index is 2.01. The molecule has 0 radical (unpaired) electrons. The molecular formula is C17H16ClN5. The van der Waals surface area contributed by atoms with Gasteiger partial charge in [-0.1, -0.05) is 41.9 Å². The van der Waals surface area contributed by atoms with Crippen molar-refractivity contribution in [3.63, 3.8) is 0 Å². The number of aromatic nitrogens is 2. The van der Waals surface area contributed by atoms with Crippen molar-refractivity contribution in [3.05, 3.63) is 64.2 Å². The number of benzene rings is 2. The number of nitrogens with zero attached hydrogens (tertiary/aromatic N) is 1. The fourth-order valence-electron chi connectivity index (χ4n) is 3.18. The summed E-state index contributed by atoms with van der Waals surface area (Å²) in [5.74, 6) is 0.386. The van der Waals surface area contributed by atoms with Crippen molar-refractivity contribution in [3.8, 4) is 11.3 Å². The molecule has 1 unspecified atom stereocenters. The highest BCUT2D eigenvalue weighted by atomic mass is 35.5. The number of fused-ring (bicyclic) bond motifs is 3. The minimum Gasteiger partial charge on any atom is -0.382 e. The van der Waals surface area contributed by atoms with E-state index in [2.05, 4.69) is 15.5 Å². The molecule has 0 bridgehead atoms. The molecule has 0 saturated carbocycles. The van der Waals surface area contributed by atoms with Gasteiger partial charge in [-0.2, -0.15) is 5.10 Å². The summed E-state index contributed by atoms with van der Waals surface area (Å²) >= 11 is 6.01. The molecule has 2 aromatic carbocycles.